The van der Waals surface area contributed by atoms with Crippen LogP contribution in [0.3, 0.4) is 0 Å². The lowest BCUT2D eigenvalue weighted by Gasteiger charge is -2.00. The van der Waals surface area contributed by atoms with Crippen LogP contribution in [0.4, 0.5) is 0 Å². The van der Waals surface area contributed by atoms with Crippen LogP contribution in [0.2, 0.25) is 0 Å². The quantitative estimate of drug-likeness (QED) is 0.726. The Balaban J connectivity index is 2.05. The molecule has 0 spiro atoms. The number of thiazole rings is 1. The molecule has 0 aliphatic rings. The third-order valence-corrected chi connectivity index (χ3v) is 4.32. The maximum atomic E-state index is 11.2. The van der Waals surface area contributed by atoms with Crippen molar-refractivity contribution in [3.05, 3.63) is 40.9 Å². The zero-order chi connectivity index (χ0) is 14.1. The van der Waals surface area contributed by atoms with Gasteiger partial charge in [0.15, 0.2) is 6.29 Å². The van der Waals surface area contributed by atoms with Gasteiger partial charge in [-0.25, -0.2) is 4.98 Å². The Hall–Kier alpha value is -1.94. The van der Waals surface area contributed by atoms with Gasteiger partial charge in [0, 0.05) is 15.8 Å². The molecule has 3 aromatic rings. The summed E-state index contributed by atoms with van der Waals surface area (Å²) in [5, 5.41) is 2.05. The zero-order valence-electron chi connectivity index (χ0n) is 11.5. The molecule has 0 radical (unpaired) electrons. The molecule has 2 heterocycles. The fourth-order valence-electron chi connectivity index (χ4n) is 2.28. The SMILES string of the molecule is CC(C)Cc1sc(-c2cc3ccccc3[nH]2)nc1C=O. The highest BCUT2D eigenvalue weighted by Gasteiger charge is 2.14. The summed E-state index contributed by atoms with van der Waals surface area (Å²) in [4.78, 5) is 20.1. The Morgan fingerprint density at radius 3 is 2.85 bits per heavy atom. The Morgan fingerprint density at radius 2 is 2.15 bits per heavy atom. The van der Waals surface area contributed by atoms with Gasteiger partial charge in [-0.15, -0.1) is 11.3 Å². The van der Waals surface area contributed by atoms with Gasteiger partial charge in [-0.05, 0) is 24.5 Å². The molecular weight excluding hydrogens is 268 g/mol. The van der Waals surface area contributed by atoms with Crippen molar-refractivity contribution in [3.63, 3.8) is 0 Å². The van der Waals surface area contributed by atoms with Crippen molar-refractivity contribution in [3.8, 4) is 10.7 Å². The lowest BCUT2D eigenvalue weighted by molar-refractivity contribution is 0.111. The number of benzene rings is 1. The van der Waals surface area contributed by atoms with Crippen LogP contribution in [0.5, 0.6) is 0 Å². The molecule has 3 nitrogen and oxygen atoms in total. The summed E-state index contributed by atoms with van der Waals surface area (Å²) in [7, 11) is 0. The monoisotopic (exact) mass is 284 g/mol. The van der Waals surface area contributed by atoms with Crippen LogP contribution in [0, 0.1) is 5.92 Å². The molecule has 0 fully saturated rings. The predicted octanol–water partition coefficient (Wildman–Crippen LogP) is 4.30. The summed E-state index contributed by atoms with van der Waals surface area (Å²) in [5.41, 5.74) is 2.66. The first-order chi connectivity index (χ1) is 9.67. The van der Waals surface area contributed by atoms with E-state index in [4.69, 9.17) is 0 Å². The summed E-state index contributed by atoms with van der Waals surface area (Å²) >= 11 is 1.61. The molecule has 0 bridgehead atoms. The molecule has 1 aromatic carbocycles. The molecule has 0 atom stereocenters. The first kappa shape index (κ1) is 13.1. The topological polar surface area (TPSA) is 45.8 Å². The largest absolute Gasteiger partial charge is 0.353 e. The Bertz CT molecular complexity index is 722. The second-order valence-electron chi connectivity index (χ2n) is 5.31. The van der Waals surface area contributed by atoms with Gasteiger partial charge in [0.1, 0.15) is 10.7 Å². The highest BCUT2D eigenvalue weighted by Crippen LogP contribution is 2.30. The minimum absolute atomic E-state index is 0.518. The molecule has 0 saturated heterocycles. The number of para-hydroxylation sites is 1. The summed E-state index contributed by atoms with van der Waals surface area (Å²) < 4.78 is 0. The van der Waals surface area contributed by atoms with Crippen molar-refractivity contribution in [2.24, 2.45) is 5.92 Å². The van der Waals surface area contributed by atoms with Crippen LogP contribution in [0.25, 0.3) is 21.6 Å². The number of aromatic nitrogens is 2. The maximum Gasteiger partial charge on any atom is 0.169 e. The number of aromatic amines is 1. The molecule has 2 aromatic heterocycles. The van der Waals surface area contributed by atoms with Crippen LogP contribution in [-0.2, 0) is 6.42 Å². The van der Waals surface area contributed by atoms with Crippen LogP contribution in [-0.4, -0.2) is 16.3 Å². The fourth-order valence-corrected chi connectivity index (χ4v) is 3.49. The van der Waals surface area contributed by atoms with E-state index in [-0.39, 0.29) is 0 Å². The number of fused-ring (bicyclic) bond motifs is 1. The van der Waals surface area contributed by atoms with Gasteiger partial charge in [-0.2, -0.15) is 0 Å². The third kappa shape index (κ3) is 2.39. The minimum Gasteiger partial charge on any atom is -0.353 e. The molecule has 0 aliphatic carbocycles. The number of carbonyl (C=O) groups is 1. The van der Waals surface area contributed by atoms with E-state index in [0.717, 1.165) is 39.2 Å². The van der Waals surface area contributed by atoms with E-state index in [1.165, 1.54) is 0 Å². The normalized spacial score (nSPS) is 11.3. The standard InChI is InChI=1S/C16H16N2OS/c1-10(2)7-15-14(9-19)18-16(20-15)13-8-11-5-3-4-6-12(11)17-13/h3-6,8-10,17H,7H2,1-2H3. The minimum atomic E-state index is 0.518. The van der Waals surface area contributed by atoms with Crippen molar-refractivity contribution in [1.29, 1.82) is 0 Å². The highest BCUT2D eigenvalue weighted by atomic mass is 32.1. The van der Waals surface area contributed by atoms with Gasteiger partial charge >= 0.3 is 0 Å². The molecule has 0 saturated carbocycles. The predicted molar refractivity (Wildman–Crippen MR) is 83.3 cm³/mol. The number of carbonyl (C=O) groups excluding carboxylic acids is 1. The van der Waals surface area contributed by atoms with Crippen LogP contribution in [0.15, 0.2) is 30.3 Å². The van der Waals surface area contributed by atoms with Gasteiger partial charge in [0.25, 0.3) is 0 Å². The van der Waals surface area contributed by atoms with E-state index in [2.05, 4.69) is 35.9 Å². The second-order valence-corrected chi connectivity index (χ2v) is 6.40. The van der Waals surface area contributed by atoms with Crippen molar-refractivity contribution >= 4 is 28.5 Å². The Kier molecular flexibility index (Phi) is 3.40. The summed E-state index contributed by atoms with van der Waals surface area (Å²) in [6.45, 7) is 4.30. The third-order valence-electron chi connectivity index (χ3n) is 3.19. The zero-order valence-corrected chi connectivity index (χ0v) is 12.3. The van der Waals surface area contributed by atoms with Crippen LogP contribution >= 0.6 is 11.3 Å². The van der Waals surface area contributed by atoms with Gasteiger partial charge in [-0.1, -0.05) is 32.0 Å². The average Bonchev–Trinajstić information content (AvgIpc) is 3.00. The van der Waals surface area contributed by atoms with Crippen molar-refractivity contribution in [1.82, 2.24) is 9.97 Å². The first-order valence-corrected chi connectivity index (χ1v) is 7.52. The van der Waals surface area contributed by atoms with E-state index < -0.39 is 0 Å². The van der Waals surface area contributed by atoms with E-state index in [1.807, 2.05) is 18.2 Å². The molecular formula is C16H16N2OS. The van der Waals surface area contributed by atoms with Gasteiger partial charge in [0.2, 0.25) is 0 Å². The van der Waals surface area contributed by atoms with Crippen LogP contribution < -0.4 is 0 Å². The number of H-pyrrole nitrogens is 1. The number of nitrogens with zero attached hydrogens (tertiary/aromatic N) is 1. The number of rotatable bonds is 4. The number of nitrogens with one attached hydrogen (secondary N) is 1. The fraction of sp³-hybridized carbons (Fsp3) is 0.250. The number of hydrogen-bond acceptors (Lipinski definition) is 3. The molecule has 4 heteroatoms. The average molecular weight is 284 g/mol. The lowest BCUT2D eigenvalue weighted by atomic mass is 10.1. The van der Waals surface area contributed by atoms with E-state index in [0.29, 0.717) is 11.6 Å². The highest BCUT2D eigenvalue weighted by molar-refractivity contribution is 7.15. The summed E-state index contributed by atoms with van der Waals surface area (Å²) in [5.74, 6) is 0.518. The lowest BCUT2D eigenvalue weighted by Crippen LogP contribution is -1.95. The Morgan fingerprint density at radius 1 is 1.35 bits per heavy atom. The van der Waals surface area contributed by atoms with Gasteiger partial charge in [-0.3, -0.25) is 4.79 Å². The molecule has 102 valence electrons. The number of hydrogen-bond donors (Lipinski definition) is 1. The smallest absolute Gasteiger partial charge is 0.169 e. The van der Waals surface area contributed by atoms with Crippen molar-refractivity contribution < 1.29 is 4.79 Å². The van der Waals surface area contributed by atoms with E-state index >= 15 is 0 Å². The molecule has 0 aliphatic heterocycles. The van der Waals surface area contributed by atoms with Crippen molar-refractivity contribution in [2.75, 3.05) is 0 Å². The van der Waals surface area contributed by atoms with Crippen molar-refractivity contribution in [2.45, 2.75) is 20.3 Å². The van der Waals surface area contributed by atoms with Gasteiger partial charge in [0.05, 0.1) is 5.69 Å². The molecule has 20 heavy (non-hydrogen) atoms. The van der Waals surface area contributed by atoms with Crippen LogP contribution in [0.1, 0.15) is 29.2 Å². The summed E-state index contributed by atoms with van der Waals surface area (Å²) in [6.07, 6.45) is 1.76. The molecule has 1 N–H and O–H groups in total. The molecule has 0 amide bonds. The first-order valence-electron chi connectivity index (χ1n) is 6.70. The molecule has 3 rings (SSSR count). The van der Waals surface area contributed by atoms with E-state index in [9.17, 15) is 4.79 Å². The van der Waals surface area contributed by atoms with E-state index in [1.54, 1.807) is 11.3 Å². The van der Waals surface area contributed by atoms with Gasteiger partial charge < -0.3 is 4.98 Å². The summed E-state index contributed by atoms with van der Waals surface area (Å²) in [6, 6.07) is 10.2. The molecule has 0 unspecified atom stereocenters. The Labute approximate surface area is 121 Å². The maximum absolute atomic E-state index is 11.2. The second kappa shape index (κ2) is 5.21. The number of aldehydes is 1.